The van der Waals surface area contributed by atoms with E-state index in [2.05, 4.69) is 5.32 Å². The van der Waals surface area contributed by atoms with Crippen molar-refractivity contribution in [3.8, 4) is 5.75 Å². The zero-order valence-corrected chi connectivity index (χ0v) is 13.8. The van der Waals surface area contributed by atoms with Crippen LogP contribution in [0.5, 0.6) is 5.75 Å². The second-order valence-corrected chi connectivity index (χ2v) is 6.95. The summed E-state index contributed by atoms with van der Waals surface area (Å²) < 4.78 is 28.8. The molecule has 1 unspecified atom stereocenters. The van der Waals surface area contributed by atoms with Gasteiger partial charge in [0.2, 0.25) is 0 Å². The van der Waals surface area contributed by atoms with Gasteiger partial charge >= 0.3 is 10.1 Å². The Morgan fingerprint density at radius 3 is 2.41 bits per heavy atom. The van der Waals surface area contributed by atoms with Gasteiger partial charge in [0.15, 0.2) is 0 Å². The molecule has 0 spiro atoms. The van der Waals surface area contributed by atoms with Crippen molar-refractivity contribution in [1.82, 2.24) is 5.32 Å². The molecule has 2 aromatic rings. The second-order valence-electron chi connectivity index (χ2n) is 4.86. The molecule has 2 aromatic carbocycles. The Morgan fingerprint density at radius 2 is 1.73 bits per heavy atom. The Hall–Kier alpha value is -1.56. The minimum absolute atomic E-state index is 0.0411. The van der Waals surface area contributed by atoms with Gasteiger partial charge in [0.1, 0.15) is 5.75 Å². The summed E-state index contributed by atoms with van der Waals surface area (Å²) in [5, 5.41) is 3.80. The maximum atomic E-state index is 11.9. The Balaban J connectivity index is 1.86. The molecule has 0 saturated carbocycles. The molecule has 2 rings (SSSR count). The van der Waals surface area contributed by atoms with E-state index in [-0.39, 0.29) is 18.3 Å². The third-order valence-electron chi connectivity index (χ3n) is 3.14. The van der Waals surface area contributed by atoms with Gasteiger partial charge in [-0.2, -0.15) is 8.42 Å². The highest BCUT2D eigenvalue weighted by atomic mass is 35.5. The maximum Gasteiger partial charge on any atom is 0.310 e. The van der Waals surface area contributed by atoms with E-state index >= 15 is 0 Å². The number of rotatable bonds is 7. The molecule has 0 fully saturated rings. The van der Waals surface area contributed by atoms with Gasteiger partial charge in [-0.1, -0.05) is 48.0 Å². The fourth-order valence-electron chi connectivity index (χ4n) is 2.00. The van der Waals surface area contributed by atoms with Crippen LogP contribution in [0.1, 0.15) is 18.5 Å². The summed E-state index contributed by atoms with van der Waals surface area (Å²) in [6, 6.07) is 15.9. The minimum atomic E-state index is -3.62. The molecule has 0 radical (unpaired) electrons. The number of nitrogens with one attached hydrogen (secondary N) is 1. The molecule has 0 amide bonds. The van der Waals surface area contributed by atoms with Crippen LogP contribution in [0.2, 0.25) is 5.02 Å². The summed E-state index contributed by atoms with van der Waals surface area (Å²) in [6.07, 6.45) is 0. The van der Waals surface area contributed by atoms with Gasteiger partial charge in [-0.25, -0.2) is 0 Å². The first-order chi connectivity index (χ1) is 10.5. The lowest BCUT2D eigenvalue weighted by atomic mass is 10.1. The fraction of sp³-hybridized carbons (Fsp3) is 0.250. The van der Waals surface area contributed by atoms with Crippen LogP contribution in [0.15, 0.2) is 54.6 Å². The minimum Gasteiger partial charge on any atom is -0.382 e. The Morgan fingerprint density at radius 1 is 1.09 bits per heavy atom. The van der Waals surface area contributed by atoms with Crippen LogP contribution in [0.3, 0.4) is 0 Å². The highest BCUT2D eigenvalue weighted by Crippen LogP contribution is 2.21. The van der Waals surface area contributed by atoms with Crippen molar-refractivity contribution < 1.29 is 12.6 Å². The number of para-hydroxylation sites is 1. The van der Waals surface area contributed by atoms with Gasteiger partial charge < -0.3 is 9.50 Å². The Labute approximate surface area is 136 Å². The standard InChI is InChI=1S/C16H18ClNO3S/c1-13(15-9-5-6-10-16(15)17)18-11-12-22(19,20)21-14-7-3-2-4-8-14/h2-10,13,18H,11-12H2,1H3. The van der Waals surface area contributed by atoms with Crippen molar-refractivity contribution in [2.45, 2.75) is 13.0 Å². The third-order valence-corrected chi connectivity index (χ3v) is 4.64. The average molecular weight is 340 g/mol. The first-order valence-corrected chi connectivity index (χ1v) is 8.88. The molecule has 118 valence electrons. The van der Waals surface area contributed by atoms with Crippen molar-refractivity contribution in [3.05, 3.63) is 65.2 Å². The molecule has 0 bridgehead atoms. The molecule has 1 atom stereocenters. The summed E-state index contributed by atoms with van der Waals surface area (Å²) in [4.78, 5) is 0. The molecule has 4 nitrogen and oxygen atoms in total. The number of halogens is 1. The van der Waals surface area contributed by atoms with Crippen molar-refractivity contribution in [2.75, 3.05) is 12.3 Å². The average Bonchev–Trinajstić information content (AvgIpc) is 2.48. The van der Waals surface area contributed by atoms with E-state index < -0.39 is 10.1 Å². The van der Waals surface area contributed by atoms with Crippen molar-refractivity contribution in [2.24, 2.45) is 0 Å². The number of benzene rings is 2. The van der Waals surface area contributed by atoms with E-state index in [1.807, 2.05) is 31.2 Å². The highest BCUT2D eigenvalue weighted by Gasteiger charge is 2.14. The van der Waals surface area contributed by atoms with Crippen molar-refractivity contribution in [3.63, 3.8) is 0 Å². The van der Waals surface area contributed by atoms with Gasteiger partial charge in [0.05, 0.1) is 5.75 Å². The Bertz CT molecular complexity index is 704. The molecule has 0 aliphatic rings. The molecular weight excluding hydrogens is 322 g/mol. The molecule has 0 aromatic heterocycles. The molecule has 0 heterocycles. The molecule has 0 aliphatic heterocycles. The van der Waals surface area contributed by atoms with Crippen molar-refractivity contribution in [1.29, 1.82) is 0 Å². The predicted octanol–water partition coefficient (Wildman–Crippen LogP) is 3.40. The second kappa shape index (κ2) is 7.63. The lowest BCUT2D eigenvalue weighted by Gasteiger charge is -2.15. The van der Waals surface area contributed by atoms with Crippen LogP contribution < -0.4 is 9.50 Å². The lowest BCUT2D eigenvalue weighted by molar-refractivity contribution is 0.480. The smallest absolute Gasteiger partial charge is 0.310 e. The zero-order valence-electron chi connectivity index (χ0n) is 12.2. The van der Waals surface area contributed by atoms with Gasteiger partial charge in [-0.05, 0) is 30.7 Å². The van der Waals surface area contributed by atoms with Crippen LogP contribution in [0.25, 0.3) is 0 Å². The maximum absolute atomic E-state index is 11.9. The van der Waals surface area contributed by atoms with E-state index in [0.29, 0.717) is 10.8 Å². The zero-order chi connectivity index (χ0) is 16.0. The van der Waals surface area contributed by atoms with Crippen LogP contribution in [-0.2, 0) is 10.1 Å². The number of hydrogen-bond donors (Lipinski definition) is 1. The highest BCUT2D eigenvalue weighted by molar-refractivity contribution is 7.87. The number of hydrogen-bond acceptors (Lipinski definition) is 4. The molecule has 0 saturated heterocycles. The summed E-state index contributed by atoms with van der Waals surface area (Å²) in [5.41, 5.74) is 0.936. The molecule has 0 aliphatic carbocycles. The van der Waals surface area contributed by atoms with E-state index in [1.54, 1.807) is 30.3 Å². The SMILES string of the molecule is CC(NCCS(=O)(=O)Oc1ccccc1)c1ccccc1Cl. The normalized spacial score (nSPS) is 12.8. The first kappa shape index (κ1) is 16.8. The predicted molar refractivity (Wildman–Crippen MR) is 88.7 cm³/mol. The van der Waals surface area contributed by atoms with Crippen LogP contribution >= 0.6 is 11.6 Å². The topological polar surface area (TPSA) is 55.4 Å². The van der Waals surface area contributed by atoms with Gasteiger partial charge in [-0.3, -0.25) is 0 Å². The lowest BCUT2D eigenvalue weighted by Crippen LogP contribution is -2.27. The van der Waals surface area contributed by atoms with Crippen LogP contribution in [0, 0.1) is 0 Å². The van der Waals surface area contributed by atoms with Gasteiger partial charge in [0.25, 0.3) is 0 Å². The van der Waals surface area contributed by atoms with E-state index in [1.165, 1.54) is 0 Å². The van der Waals surface area contributed by atoms with Crippen LogP contribution in [-0.4, -0.2) is 20.7 Å². The fourth-order valence-corrected chi connectivity index (χ4v) is 3.16. The van der Waals surface area contributed by atoms with Crippen LogP contribution in [0.4, 0.5) is 0 Å². The third kappa shape index (κ3) is 5.02. The monoisotopic (exact) mass is 339 g/mol. The van der Waals surface area contributed by atoms with Crippen molar-refractivity contribution >= 4 is 21.7 Å². The summed E-state index contributed by atoms with van der Waals surface area (Å²) in [5.74, 6) is 0.207. The Kier molecular flexibility index (Phi) is 5.83. The van der Waals surface area contributed by atoms with E-state index in [9.17, 15) is 8.42 Å². The molecular formula is C16H18ClNO3S. The summed E-state index contributed by atoms with van der Waals surface area (Å²) in [7, 11) is -3.62. The van der Waals surface area contributed by atoms with Gasteiger partial charge in [-0.15, -0.1) is 0 Å². The van der Waals surface area contributed by atoms with E-state index in [0.717, 1.165) is 5.56 Å². The molecule has 6 heteroatoms. The van der Waals surface area contributed by atoms with Gasteiger partial charge in [0, 0.05) is 17.6 Å². The summed E-state index contributed by atoms with van der Waals surface area (Å²) in [6.45, 7) is 2.22. The molecule has 1 N–H and O–H groups in total. The quantitative estimate of drug-likeness (QED) is 0.785. The molecule has 22 heavy (non-hydrogen) atoms. The van der Waals surface area contributed by atoms with E-state index in [4.69, 9.17) is 15.8 Å². The first-order valence-electron chi connectivity index (χ1n) is 6.93. The largest absolute Gasteiger partial charge is 0.382 e. The summed E-state index contributed by atoms with van der Waals surface area (Å²) >= 11 is 6.11.